The second-order valence-corrected chi connectivity index (χ2v) is 2.62. The minimum atomic E-state index is -1.05. The van der Waals surface area contributed by atoms with Crippen LogP contribution in [0.3, 0.4) is 0 Å². The van der Waals surface area contributed by atoms with E-state index in [1.165, 1.54) is 6.92 Å². The summed E-state index contributed by atoms with van der Waals surface area (Å²) >= 11 is 0. The molecule has 11 heavy (non-hydrogen) atoms. The van der Waals surface area contributed by atoms with E-state index in [9.17, 15) is 4.79 Å². The fraction of sp³-hybridized carbons (Fsp3) is 0.857. The predicted molar refractivity (Wildman–Crippen MR) is 39.0 cm³/mol. The zero-order valence-corrected chi connectivity index (χ0v) is 6.47. The van der Waals surface area contributed by atoms with Crippen molar-refractivity contribution in [2.45, 2.75) is 38.1 Å². The molecular formula is C7H14O4. The van der Waals surface area contributed by atoms with E-state index >= 15 is 0 Å². The normalized spacial score (nSPS) is 18.9. The number of carbonyl (C=O) groups is 1. The zero-order valence-electron chi connectivity index (χ0n) is 6.47. The standard InChI is InChI=1S/C7H14O4/c1-5(9)4-7(11)6(10)2-3-8/h3,5-7,9-11H,2,4H2,1H3. The van der Waals surface area contributed by atoms with E-state index in [2.05, 4.69) is 0 Å². The lowest BCUT2D eigenvalue weighted by atomic mass is 10.1. The van der Waals surface area contributed by atoms with Crippen molar-refractivity contribution in [3.63, 3.8) is 0 Å². The minimum Gasteiger partial charge on any atom is -0.393 e. The first-order valence-electron chi connectivity index (χ1n) is 3.55. The molecule has 0 aromatic carbocycles. The summed E-state index contributed by atoms with van der Waals surface area (Å²) in [6.07, 6.45) is -2.19. The van der Waals surface area contributed by atoms with E-state index in [1.54, 1.807) is 0 Å². The summed E-state index contributed by atoms with van der Waals surface area (Å²) in [5, 5.41) is 26.8. The monoisotopic (exact) mass is 162 g/mol. The zero-order chi connectivity index (χ0) is 8.85. The van der Waals surface area contributed by atoms with Gasteiger partial charge in [0.05, 0.1) is 18.3 Å². The van der Waals surface area contributed by atoms with Crippen LogP contribution < -0.4 is 0 Å². The van der Waals surface area contributed by atoms with Gasteiger partial charge in [0.1, 0.15) is 6.29 Å². The van der Waals surface area contributed by atoms with Crippen LogP contribution in [0.2, 0.25) is 0 Å². The van der Waals surface area contributed by atoms with Crippen molar-refractivity contribution in [2.75, 3.05) is 0 Å². The number of carbonyl (C=O) groups excluding carboxylic acids is 1. The molecule has 3 unspecified atom stereocenters. The van der Waals surface area contributed by atoms with Crippen LogP contribution in [0.4, 0.5) is 0 Å². The highest BCUT2D eigenvalue weighted by Gasteiger charge is 2.17. The van der Waals surface area contributed by atoms with Gasteiger partial charge in [-0.2, -0.15) is 0 Å². The molecular weight excluding hydrogens is 148 g/mol. The van der Waals surface area contributed by atoms with Gasteiger partial charge in [0, 0.05) is 12.8 Å². The number of hydrogen-bond acceptors (Lipinski definition) is 4. The largest absolute Gasteiger partial charge is 0.393 e. The molecule has 0 amide bonds. The van der Waals surface area contributed by atoms with Crippen molar-refractivity contribution >= 4 is 6.29 Å². The molecule has 0 spiro atoms. The lowest BCUT2D eigenvalue weighted by Gasteiger charge is -2.16. The minimum absolute atomic E-state index is 0.0894. The van der Waals surface area contributed by atoms with Crippen LogP contribution in [0.25, 0.3) is 0 Å². The van der Waals surface area contributed by atoms with E-state index in [4.69, 9.17) is 15.3 Å². The van der Waals surface area contributed by atoms with Crippen molar-refractivity contribution in [1.29, 1.82) is 0 Å². The van der Waals surface area contributed by atoms with Gasteiger partial charge in [-0.1, -0.05) is 0 Å². The van der Waals surface area contributed by atoms with Crippen molar-refractivity contribution in [1.82, 2.24) is 0 Å². The molecule has 0 aromatic rings. The van der Waals surface area contributed by atoms with Gasteiger partial charge < -0.3 is 20.1 Å². The van der Waals surface area contributed by atoms with Crippen LogP contribution >= 0.6 is 0 Å². The van der Waals surface area contributed by atoms with E-state index in [0.717, 1.165) is 0 Å². The third-order valence-corrected chi connectivity index (χ3v) is 1.36. The molecule has 0 fully saturated rings. The maximum atomic E-state index is 9.87. The van der Waals surface area contributed by atoms with Gasteiger partial charge >= 0.3 is 0 Å². The highest BCUT2D eigenvalue weighted by atomic mass is 16.3. The average molecular weight is 162 g/mol. The van der Waals surface area contributed by atoms with Gasteiger partial charge in [0.2, 0.25) is 0 Å². The summed E-state index contributed by atoms with van der Waals surface area (Å²) < 4.78 is 0. The van der Waals surface area contributed by atoms with Crippen LogP contribution in [-0.2, 0) is 4.79 Å². The van der Waals surface area contributed by atoms with Gasteiger partial charge in [0.25, 0.3) is 0 Å². The summed E-state index contributed by atoms with van der Waals surface area (Å²) in [5.41, 5.74) is 0. The van der Waals surface area contributed by atoms with E-state index in [1.807, 2.05) is 0 Å². The summed E-state index contributed by atoms with van der Waals surface area (Å²) in [4.78, 5) is 9.87. The summed E-state index contributed by atoms with van der Waals surface area (Å²) in [7, 11) is 0. The Kier molecular flexibility index (Phi) is 5.02. The Morgan fingerprint density at radius 2 is 1.82 bits per heavy atom. The Hall–Kier alpha value is -0.450. The maximum absolute atomic E-state index is 9.87. The Bertz CT molecular complexity index is 113. The van der Waals surface area contributed by atoms with Crippen LogP contribution in [0.5, 0.6) is 0 Å². The maximum Gasteiger partial charge on any atom is 0.122 e. The van der Waals surface area contributed by atoms with E-state index in [0.29, 0.717) is 6.29 Å². The molecule has 0 radical (unpaired) electrons. The summed E-state index contributed by atoms with van der Waals surface area (Å²) in [6.45, 7) is 1.51. The molecule has 0 aliphatic carbocycles. The molecule has 4 nitrogen and oxygen atoms in total. The number of aliphatic hydroxyl groups is 3. The van der Waals surface area contributed by atoms with E-state index in [-0.39, 0.29) is 12.8 Å². The third kappa shape index (κ3) is 4.89. The summed E-state index contributed by atoms with van der Waals surface area (Å²) in [5.74, 6) is 0. The summed E-state index contributed by atoms with van der Waals surface area (Å²) in [6, 6.07) is 0. The molecule has 0 saturated heterocycles. The average Bonchev–Trinajstić information content (AvgIpc) is 1.86. The first-order chi connectivity index (χ1) is 5.07. The van der Waals surface area contributed by atoms with Gasteiger partial charge in [-0.3, -0.25) is 0 Å². The number of rotatable bonds is 5. The SMILES string of the molecule is CC(O)CC(O)C(O)CC=O. The molecule has 4 heteroatoms. The highest BCUT2D eigenvalue weighted by molar-refractivity contribution is 5.50. The first kappa shape index (κ1) is 10.6. The fourth-order valence-electron chi connectivity index (χ4n) is 0.762. The molecule has 0 aromatic heterocycles. The molecule has 66 valence electrons. The van der Waals surface area contributed by atoms with Gasteiger partial charge in [0.15, 0.2) is 0 Å². The number of hydrogen-bond donors (Lipinski definition) is 3. The Labute approximate surface area is 65.5 Å². The second kappa shape index (κ2) is 5.23. The third-order valence-electron chi connectivity index (χ3n) is 1.36. The molecule has 0 aliphatic rings. The van der Waals surface area contributed by atoms with Crippen molar-refractivity contribution in [3.8, 4) is 0 Å². The molecule has 0 saturated carbocycles. The molecule has 0 bridgehead atoms. The lowest BCUT2D eigenvalue weighted by Crippen LogP contribution is -2.29. The fourth-order valence-corrected chi connectivity index (χ4v) is 0.762. The quantitative estimate of drug-likeness (QED) is 0.456. The molecule has 3 N–H and O–H groups in total. The molecule has 3 atom stereocenters. The molecule has 0 aliphatic heterocycles. The molecule has 0 rings (SSSR count). The van der Waals surface area contributed by atoms with Crippen molar-refractivity contribution in [2.24, 2.45) is 0 Å². The van der Waals surface area contributed by atoms with Gasteiger partial charge in [-0.05, 0) is 6.92 Å². The van der Waals surface area contributed by atoms with Gasteiger partial charge in [-0.15, -0.1) is 0 Å². The number of aldehydes is 1. The first-order valence-corrected chi connectivity index (χ1v) is 3.55. The van der Waals surface area contributed by atoms with E-state index < -0.39 is 18.3 Å². The van der Waals surface area contributed by atoms with Crippen LogP contribution in [0.1, 0.15) is 19.8 Å². The number of aliphatic hydroxyl groups excluding tert-OH is 3. The Morgan fingerprint density at radius 3 is 2.18 bits per heavy atom. The topological polar surface area (TPSA) is 77.8 Å². The second-order valence-electron chi connectivity index (χ2n) is 2.62. The van der Waals surface area contributed by atoms with Gasteiger partial charge in [-0.25, -0.2) is 0 Å². The Morgan fingerprint density at radius 1 is 1.27 bits per heavy atom. The lowest BCUT2D eigenvalue weighted by molar-refractivity contribution is -0.111. The highest BCUT2D eigenvalue weighted by Crippen LogP contribution is 2.04. The van der Waals surface area contributed by atoms with Crippen LogP contribution in [-0.4, -0.2) is 39.9 Å². The predicted octanol–water partition coefficient (Wildman–Crippen LogP) is -0.932. The smallest absolute Gasteiger partial charge is 0.122 e. The van der Waals surface area contributed by atoms with Crippen molar-refractivity contribution in [3.05, 3.63) is 0 Å². The Balaban J connectivity index is 3.62. The van der Waals surface area contributed by atoms with Crippen LogP contribution in [0, 0.1) is 0 Å². The van der Waals surface area contributed by atoms with Crippen molar-refractivity contribution < 1.29 is 20.1 Å². The molecule has 0 heterocycles. The van der Waals surface area contributed by atoms with Crippen LogP contribution in [0.15, 0.2) is 0 Å².